The third-order valence-corrected chi connectivity index (χ3v) is 2.90. The summed E-state index contributed by atoms with van der Waals surface area (Å²) in [6.45, 7) is 8.78. The van der Waals surface area contributed by atoms with Crippen LogP contribution >= 0.6 is 0 Å². The number of carbonyl (C=O) groups excluding carboxylic acids is 1. The van der Waals surface area contributed by atoms with E-state index in [4.69, 9.17) is 9.47 Å². The van der Waals surface area contributed by atoms with E-state index in [0.29, 0.717) is 29.1 Å². The standard InChI is InChI=1S/C16H24O3/c1-12(17)14-8-7-13(18-5)11-15(14)19-10-6-9-16(2,3)4/h7-8,11H,6,9-10H2,1-5H3. The zero-order valence-corrected chi connectivity index (χ0v) is 12.6. The Morgan fingerprint density at radius 2 is 1.95 bits per heavy atom. The smallest absolute Gasteiger partial charge is 0.163 e. The minimum atomic E-state index is 0.00785. The van der Waals surface area contributed by atoms with Crippen LogP contribution in [-0.2, 0) is 0 Å². The van der Waals surface area contributed by atoms with Gasteiger partial charge in [-0.3, -0.25) is 4.79 Å². The number of ketones is 1. The highest BCUT2D eigenvalue weighted by molar-refractivity contribution is 5.97. The second-order valence-corrected chi connectivity index (χ2v) is 5.93. The average molecular weight is 264 g/mol. The van der Waals surface area contributed by atoms with Crippen molar-refractivity contribution in [1.82, 2.24) is 0 Å². The van der Waals surface area contributed by atoms with Crippen molar-refractivity contribution in [2.24, 2.45) is 5.41 Å². The van der Waals surface area contributed by atoms with Crippen molar-refractivity contribution in [2.75, 3.05) is 13.7 Å². The second kappa shape index (κ2) is 6.60. The highest BCUT2D eigenvalue weighted by Gasteiger charge is 2.12. The van der Waals surface area contributed by atoms with Crippen molar-refractivity contribution >= 4 is 5.78 Å². The highest BCUT2D eigenvalue weighted by Crippen LogP contribution is 2.26. The van der Waals surface area contributed by atoms with Crippen LogP contribution in [0.3, 0.4) is 0 Å². The molecule has 0 unspecified atom stereocenters. The predicted octanol–water partition coefficient (Wildman–Crippen LogP) is 4.10. The van der Waals surface area contributed by atoms with E-state index in [1.165, 1.54) is 0 Å². The molecular weight excluding hydrogens is 240 g/mol. The van der Waals surface area contributed by atoms with Gasteiger partial charge in [-0.2, -0.15) is 0 Å². The van der Waals surface area contributed by atoms with Gasteiger partial charge in [-0.05, 0) is 37.3 Å². The van der Waals surface area contributed by atoms with Crippen molar-refractivity contribution in [3.8, 4) is 11.5 Å². The molecule has 0 aliphatic heterocycles. The monoisotopic (exact) mass is 264 g/mol. The molecule has 0 aliphatic carbocycles. The van der Waals surface area contributed by atoms with Gasteiger partial charge in [0.05, 0.1) is 19.3 Å². The summed E-state index contributed by atoms with van der Waals surface area (Å²) in [5.74, 6) is 1.32. The van der Waals surface area contributed by atoms with Gasteiger partial charge in [0.2, 0.25) is 0 Å². The Labute approximate surface area is 115 Å². The van der Waals surface area contributed by atoms with Crippen LogP contribution in [0.15, 0.2) is 18.2 Å². The number of ether oxygens (including phenoxy) is 2. The van der Waals surface area contributed by atoms with E-state index >= 15 is 0 Å². The van der Waals surface area contributed by atoms with E-state index in [9.17, 15) is 4.79 Å². The lowest BCUT2D eigenvalue weighted by Crippen LogP contribution is -2.09. The Bertz CT molecular complexity index is 430. The van der Waals surface area contributed by atoms with Gasteiger partial charge in [-0.15, -0.1) is 0 Å². The van der Waals surface area contributed by atoms with Crippen LogP contribution in [0.5, 0.6) is 11.5 Å². The number of Topliss-reactive ketones (excluding diaryl/α,β-unsaturated/α-hetero) is 1. The molecule has 0 atom stereocenters. The van der Waals surface area contributed by atoms with Gasteiger partial charge in [0, 0.05) is 6.07 Å². The number of rotatable bonds is 6. The molecule has 19 heavy (non-hydrogen) atoms. The van der Waals surface area contributed by atoms with E-state index in [2.05, 4.69) is 20.8 Å². The molecule has 0 N–H and O–H groups in total. The first-order valence-corrected chi connectivity index (χ1v) is 6.65. The Balaban J connectivity index is 2.67. The summed E-state index contributed by atoms with van der Waals surface area (Å²) < 4.78 is 10.9. The number of methoxy groups -OCH3 is 1. The molecule has 0 spiro atoms. The van der Waals surface area contributed by atoms with Crippen LogP contribution in [-0.4, -0.2) is 19.5 Å². The van der Waals surface area contributed by atoms with Gasteiger partial charge in [0.15, 0.2) is 5.78 Å². The Hall–Kier alpha value is -1.51. The maximum atomic E-state index is 11.5. The molecule has 1 aromatic rings. The lowest BCUT2D eigenvalue weighted by Gasteiger charge is -2.18. The quantitative estimate of drug-likeness (QED) is 0.573. The predicted molar refractivity (Wildman–Crippen MR) is 77.2 cm³/mol. The molecule has 0 saturated carbocycles. The van der Waals surface area contributed by atoms with Crippen molar-refractivity contribution in [3.63, 3.8) is 0 Å². The van der Waals surface area contributed by atoms with Crippen LogP contribution in [0, 0.1) is 5.41 Å². The second-order valence-electron chi connectivity index (χ2n) is 5.93. The molecule has 0 amide bonds. The molecule has 0 fully saturated rings. The van der Waals surface area contributed by atoms with E-state index in [1.54, 1.807) is 32.2 Å². The maximum absolute atomic E-state index is 11.5. The first kappa shape index (κ1) is 15.5. The van der Waals surface area contributed by atoms with Crippen molar-refractivity contribution in [2.45, 2.75) is 40.5 Å². The third kappa shape index (κ3) is 5.33. The summed E-state index contributed by atoms with van der Waals surface area (Å²) in [6, 6.07) is 5.30. The zero-order chi connectivity index (χ0) is 14.5. The van der Waals surface area contributed by atoms with Gasteiger partial charge in [-0.25, -0.2) is 0 Å². The highest BCUT2D eigenvalue weighted by atomic mass is 16.5. The summed E-state index contributed by atoms with van der Waals surface area (Å²) in [5, 5.41) is 0. The summed E-state index contributed by atoms with van der Waals surface area (Å²) in [7, 11) is 1.60. The summed E-state index contributed by atoms with van der Waals surface area (Å²) in [5.41, 5.74) is 0.915. The summed E-state index contributed by atoms with van der Waals surface area (Å²) in [6.07, 6.45) is 2.06. The van der Waals surface area contributed by atoms with E-state index in [1.807, 2.05) is 0 Å². The number of hydrogen-bond acceptors (Lipinski definition) is 3. The molecule has 0 saturated heterocycles. The van der Waals surface area contributed by atoms with E-state index in [-0.39, 0.29) is 5.78 Å². The fourth-order valence-electron chi connectivity index (χ4n) is 1.82. The van der Waals surface area contributed by atoms with Gasteiger partial charge in [0.25, 0.3) is 0 Å². The normalized spacial score (nSPS) is 11.2. The summed E-state index contributed by atoms with van der Waals surface area (Å²) >= 11 is 0. The largest absolute Gasteiger partial charge is 0.497 e. The molecular formula is C16H24O3. The number of carbonyl (C=O) groups is 1. The van der Waals surface area contributed by atoms with Gasteiger partial charge in [-0.1, -0.05) is 20.8 Å². The Morgan fingerprint density at radius 1 is 1.26 bits per heavy atom. The molecule has 0 aliphatic rings. The van der Waals surface area contributed by atoms with Crippen molar-refractivity contribution < 1.29 is 14.3 Å². The molecule has 0 aromatic heterocycles. The molecule has 1 aromatic carbocycles. The maximum Gasteiger partial charge on any atom is 0.163 e. The van der Waals surface area contributed by atoms with Crippen LogP contribution in [0.4, 0.5) is 0 Å². The van der Waals surface area contributed by atoms with Crippen molar-refractivity contribution in [3.05, 3.63) is 23.8 Å². The Morgan fingerprint density at radius 3 is 2.47 bits per heavy atom. The first-order valence-electron chi connectivity index (χ1n) is 6.65. The fourth-order valence-corrected chi connectivity index (χ4v) is 1.82. The van der Waals surface area contributed by atoms with Gasteiger partial charge >= 0.3 is 0 Å². The van der Waals surface area contributed by atoms with Crippen LogP contribution < -0.4 is 9.47 Å². The molecule has 106 valence electrons. The zero-order valence-electron chi connectivity index (χ0n) is 12.6. The molecule has 0 bridgehead atoms. The number of hydrogen-bond donors (Lipinski definition) is 0. The van der Waals surface area contributed by atoms with Crippen LogP contribution in [0.25, 0.3) is 0 Å². The van der Waals surface area contributed by atoms with E-state index in [0.717, 1.165) is 12.8 Å². The lowest BCUT2D eigenvalue weighted by atomic mass is 9.91. The van der Waals surface area contributed by atoms with E-state index < -0.39 is 0 Å². The Kier molecular flexibility index (Phi) is 5.40. The molecule has 3 nitrogen and oxygen atoms in total. The minimum Gasteiger partial charge on any atom is -0.497 e. The lowest BCUT2D eigenvalue weighted by molar-refractivity contribution is 0.101. The minimum absolute atomic E-state index is 0.00785. The third-order valence-electron chi connectivity index (χ3n) is 2.90. The SMILES string of the molecule is COc1ccc(C(C)=O)c(OCCCC(C)(C)C)c1. The molecule has 0 heterocycles. The molecule has 0 radical (unpaired) electrons. The molecule has 3 heteroatoms. The topological polar surface area (TPSA) is 35.5 Å². The molecule has 1 rings (SSSR count). The van der Waals surface area contributed by atoms with Gasteiger partial charge in [0.1, 0.15) is 11.5 Å². The summed E-state index contributed by atoms with van der Waals surface area (Å²) in [4.78, 5) is 11.5. The van der Waals surface area contributed by atoms with Crippen molar-refractivity contribution in [1.29, 1.82) is 0 Å². The number of benzene rings is 1. The first-order chi connectivity index (χ1) is 8.83. The fraction of sp³-hybridized carbons (Fsp3) is 0.562. The van der Waals surface area contributed by atoms with Crippen LogP contribution in [0.2, 0.25) is 0 Å². The van der Waals surface area contributed by atoms with Gasteiger partial charge < -0.3 is 9.47 Å². The van der Waals surface area contributed by atoms with Crippen LogP contribution in [0.1, 0.15) is 50.9 Å². The average Bonchev–Trinajstić information content (AvgIpc) is 2.33.